The molecule has 2 heteroatoms. The smallest absolute Gasteiger partial charge is 0.0402 e. The van der Waals surface area contributed by atoms with Crippen molar-refractivity contribution in [1.82, 2.24) is 0 Å². The van der Waals surface area contributed by atoms with Crippen LogP contribution in [0.2, 0.25) is 0 Å². The fourth-order valence-corrected chi connectivity index (χ4v) is 2.87. The first kappa shape index (κ1) is 9.71. The lowest BCUT2D eigenvalue weighted by atomic mass is 10.1. The molecule has 0 unspecified atom stereocenters. The average molecular weight is 266 g/mol. The molecule has 2 fully saturated rings. The first-order valence-corrected chi connectivity index (χ1v) is 6.68. The van der Waals surface area contributed by atoms with E-state index in [4.69, 9.17) is 0 Å². The van der Waals surface area contributed by atoms with Crippen LogP contribution < -0.4 is 4.90 Å². The van der Waals surface area contributed by atoms with E-state index < -0.39 is 0 Å². The number of rotatable bonds is 2. The summed E-state index contributed by atoms with van der Waals surface area (Å²) >= 11 is 3.58. The van der Waals surface area contributed by atoms with Crippen LogP contribution in [0.1, 0.15) is 37.2 Å². The Bertz CT molecular complexity index is 365. The Morgan fingerprint density at radius 2 is 1.87 bits per heavy atom. The van der Waals surface area contributed by atoms with Crippen LogP contribution in [0.25, 0.3) is 0 Å². The van der Waals surface area contributed by atoms with Crippen LogP contribution in [-0.4, -0.2) is 13.1 Å². The van der Waals surface area contributed by atoms with E-state index in [1.807, 2.05) is 0 Å². The second-order valence-electron chi connectivity index (χ2n) is 4.67. The monoisotopic (exact) mass is 265 g/mol. The molecule has 1 aromatic rings. The van der Waals surface area contributed by atoms with Gasteiger partial charge in [-0.05, 0) is 55.4 Å². The molecule has 1 aliphatic heterocycles. The molecular formula is C13H16BrN. The van der Waals surface area contributed by atoms with Gasteiger partial charge in [0, 0.05) is 23.2 Å². The maximum Gasteiger partial charge on any atom is 0.0402 e. The number of hydrogen-bond donors (Lipinski definition) is 0. The molecule has 80 valence electrons. The maximum atomic E-state index is 3.58. The molecule has 0 atom stereocenters. The van der Waals surface area contributed by atoms with E-state index >= 15 is 0 Å². The molecule has 1 heterocycles. The number of halogens is 1. The van der Waals surface area contributed by atoms with Crippen molar-refractivity contribution in [3.63, 3.8) is 0 Å². The van der Waals surface area contributed by atoms with Gasteiger partial charge in [-0.3, -0.25) is 0 Å². The minimum absolute atomic E-state index is 0.845. The Kier molecular flexibility index (Phi) is 2.47. The van der Waals surface area contributed by atoms with Gasteiger partial charge >= 0.3 is 0 Å². The molecule has 0 aromatic heterocycles. The van der Waals surface area contributed by atoms with Gasteiger partial charge in [-0.25, -0.2) is 0 Å². The second kappa shape index (κ2) is 3.82. The largest absolute Gasteiger partial charge is 0.371 e. The lowest BCUT2D eigenvalue weighted by Gasteiger charge is -2.21. The van der Waals surface area contributed by atoms with Crippen LogP contribution in [0.4, 0.5) is 5.69 Å². The molecule has 0 amide bonds. The van der Waals surface area contributed by atoms with E-state index in [2.05, 4.69) is 39.0 Å². The van der Waals surface area contributed by atoms with E-state index in [-0.39, 0.29) is 0 Å². The summed E-state index contributed by atoms with van der Waals surface area (Å²) in [5, 5.41) is 0. The lowest BCUT2D eigenvalue weighted by molar-refractivity contribution is 0.945. The SMILES string of the molecule is Brc1ccc(N2CCCC2)c(C2CC2)c1. The normalized spacial score (nSPS) is 21.0. The zero-order valence-electron chi connectivity index (χ0n) is 8.88. The third-order valence-corrected chi connectivity index (χ3v) is 3.95. The van der Waals surface area contributed by atoms with Crippen molar-refractivity contribution in [3.05, 3.63) is 28.2 Å². The topological polar surface area (TPSA) is 3.24 Å². The summed E-state index contributed by atoms with van der Waals surface area (Å²) in [4.78, 5) is 2.56. The fourth-order valence-electron chi connectivity index (χ4n) is 2.49. The molecule has 3 rings (SSSR count). The highest BCUT2D eigenvalue weighted by Crippen LogP contribution is 2.45. The molecule has 0 spiro atoms. The number of anilines is 1. The van der Waals surface area contributed by atoms with Crippen LogP contribution in [-0.2, 0) is 0 Å². The van der Waals surface area contributed by atoms with Crippen LogP contribution >= 0.6 is 15.9 Å². The minimum Gasteiger partial charge on any atom is -0.371 e. The molecule has 2 aliphatic rings. The third kappa shape index (κ3) is 1.92. The van der Waals surface area contributed by atoms with Crippen molar-refractivity contribution >= 4 is 21.6 Å². The average Bonchev–Trinajstić information content (AvgIpc) is 2.95. The van der Waals surface area contributed by atoms with Gasteiger partial charge in [-0.15, -0.1) is 0 Å². The van der Waals surface area contributed by atoms with Crippen molar-refractivity contribution in [2.45, 2.75) is 31.6 Å². The summed E-state index contributed by atoms with van der Waals surface area (Å²) in [5.41, 5.74) is 3.07. The fraction of sp³-hybridized carbons (Fsp3) is 0.538. The maximum absolute atomic E-state index is 3.58. The molecule has 0 N–H and O–H groups in total. The highest BCUT2D eigenvalue weighted by molar-refractivity contribution is 9.10. The molecule has 1 saturated heterocycles. The lowest BCUT2D eigenvalue weighted by Crippen LogP contribution is -2.19. The van der Waals surface area contributed by atoms with E-state index in [0.717, 1.165) is 5.92 Å². The zero-order chi connectivity index (χ0) is 10.3. The van der Waals surface area contributed by atoms with E-state index in [1.54, 1.807) is 5.56 Å². The molecule has 1 aromatic carbocycles. The van der Waals surface area contributed by atoms with Crippen molar-refractivity contribution in [2.75, 3.05) is 18.0 Å². The summed E-state index contributed by atoms with van der Waals surface area (Å²) in [6.07, 6.45) is 5.49. The summed E-state index contributed by atoms with van der Waals surface area (Å²) < 4.78 is 1.23. The highest BCUT2D eigenvalue weighted by Gasteiger charge is 2.28. The van der Waals surface area contributed by atoms with E-state index in [0.29, 0.717) is 0 Å². The van der Waals surface area contributed by atoms with Gasteiger partial charge in [0.15, 0.2) is 0 Å². The van der Waals surface area contributed by atoms with Crippen LogP contribution in [0.3, 0.4) is 0 Å². The van der Waals surface area contributed by atoms with E-state index in [9.17, 15) is 0 Å². The number of benzene rings is 1. The van der Waals surface area contributed by atoms with Crippen LogP contribution in [0.5, 0.6) is 0 Å². The van der Waals surface area contributed by atoms with Gasteiger partial charge in [0.25, 0.3) is 0 Å². The first-order valence-electron chi connectivity index (χ1n) is 5.89. The van der Waals surface area contributed by atoms with Gasteiger partial charge in [-0.1, -0.05) is 15.9 Å². The first-order chi connectivity index (χ1) is 7.34. The van der Waals surface area contributed by atoms with Gasteiger partial charge < -0.3 is 4.90 Å². The Hall–Kier alpha value is -0.500. The van der Waals surface area contributed by atoms with Crippen molar-refractivity contribution in [2.24, 2.45) is 0 Å². The van der Waals surface area contributed by atoms with Crippen molar-refractivity contribution in [1.29, 1.82) is 0 Å². The molecule has 0 radical (unpaired) electrons. The molecule has 1 saturated carbocycles. The van der Waals surface area contributed by atoms with Crippen LogP contribution in [0, 0.1) is 0 Å². The van der Waals surface area contributed by atoms with Gasteiger partial charge in [0.05, 0.1) is 0 Å². The Morgan fingerprint density at radius 3 is 2.53 bits per heavy atom. The predicted molar refractivity (Wildman–Crippen MR) is 67.6 cm³/mol. The third-order valence-electron chi connectivity index (χ3n) is 3.45. The number of nitrogens with zero attached hydrogens (tertiary/aromatic N) is 1. The quantitative estimate of drug-likeness (QED) is 0.784. The summed E-state index contributed by atoms with van der Waals surface area (Å²) in [6.45, 7) is 2.50. The standard InChI is InChI=1S/C13H16BrN/c14-11-5-6-13(15-7-1-2-8-15)12(9-11)10-3-4-10/h5-6,9-10H,1-4,7-8H2. The van der Waals surface area contributed by atoms with Gasteiger partial charge in [0.1, 0.15) is 0 Å². The minimum atomic E-state index is 0.845. The molecular weight excluding hydrogens is 250 g/mol. The number of hydrogen-bond acceptors (Lipinski definition) is 1. The van der Waals surface area contributed by atoms with Crippen LogP contribution in [0.15, 0.2) is 22.7 Å². The molecule has 1 nitrogen and oxygen atoms in total. The summed E-state index contributed by atoms with van der Waals surface area (Å²) in [5.74, 6) is 0.845. The summed E-state index contributed by atoms with van der Waals surface area (Å²) in [6, 6.07) is 6.80. The Labute approximate surface area is 99.6 Å². The highest BCUT2D eigenvalue weighted by atomic mass is 79.9. The van der Waals surface area contributed by atoms with Gasteiger partial charge in [0.2, 0.25) is 0 Å². The molecule has 15 heavy (non-hydrogen) atoms. The van der Waals surface area contributed by atoms with Crippen molar-refractivity contribution in [3.8, 4) is 0 Å². The Morgan fingerprint density at radius 1 is 1.13 bits per heavy atom. The molecule has 0 bridgehead atoms. The Balaban J connectivity index is 1.97. The van der Waals surface area contributed by atoms with E-state index in [1.165, 1.54) is 48.9 Å². The zero-order valence-corrected chi connectivity index (χ0v) is 10.5. The summed E-state index contributed by atoms with van der Waals surface area (Å²) in [7, 11) is 0. The van der Waals surface area contributed by atoms with Gasteiger partial charge in [-0.2, -0.15) is 0 Å². The molecule has 1 aliphatic carbocycles. The second-order valence-corrected chi connectivity index (χ2v) is 5.59. The van der Waals surface area contributed by atoms with Crippen molar-refractivity contribution < 1.29 is 0 Å². The predicted octanol–water partition coefficient (Wildman–Crippen LogP) is 3.93.